The summed E-state index contributed by atoms with van der Waals surface area (Å²) < 4.78 is 18.5. The molecular weight excluding hydrogens is 371 g/mol. The van der Waals surface area contributed by atoms with E-state index in [4.69, 9.17) is 10.3 Å². The van der Waals surface area contributed by atoms with Crippen LogP contribution in [-0.2, 0) is 14.3 Å². The van der Waals surface area contributed by atoms with Crippen molar-refractivity contribution in [1.29, 1.82) is 0 Å². The van der Waals surface area contributed by atoms with Crippen molar-refractivity contribution in [2.24, 2.45) is 11.0 Å². The van der Waals surface area contributed by atoms with Gasteiger partial charge >= 0.3 is 5.97 Å². The van der Waals surface area contributed by atoms with Crippen LogP contribution in [0.15, 0.2) is 39.6 Å². The Labute approximate surface area is 139 Å². The fourth-order valence-corrected chi connectivity index (χ4v) is 1.98. The Morgan fingerprint density at radius 1 is 1.52 bits per heavy atom. The first kappa shape index (κ1) is 17.0. The number of anilines is 1. The predicted octanol–water partition coefficient (Wildman–Crippen LogP) is 3.67. The van der Waals surface area contributed by atoms with E-state index in [0.717, 1.165) is 0 Å². The van der Waals surface area contributed by atoms with Crippen molar-refractivity contribution >= 4 is 33.4 Å². The summed E-state index contributed by atoms with van der Waals surface area (Å²) in [6.07, 6.45) is 2.61. The molecule has 0 aliphatic heterocycles. The second-order valence-corrected chi connectivity index (χ2v) is 5.62. The quantitative estimate of drug-likeness (QED) is 0.148. The number of esters is 1. The molecule has 2 rings (SSSR count). The molecule has 1 aliphatic carbocycles. The Bertz CT molecular complexity index is 712. The molecule has 9 heteroatoms. The van der Waals surface area contributed by atoms with E-state index in [-0.39, 0.29) is 17.3 Å². The molecular formula is C14H12BrFN4O3. The number of nitrogens with zero attached hydrogens (tertiary/aromatic N) is 3. The maximum Gasteiger partial charge on any atom is 0.343 e. The third kappa shape index (κ3) is 4.80. The first-order valence-corrected chi connectivity index (χ1v) is 7.46. The Balaban J connectivity index is 2.14. The number of hydrogen-bond acceptors (Lipinski definition) is 5. The van der Waals surface area contributed by atoms with E-state index in [1.165, 1.54) is 18.3 Å². The van der Waals surface area contributed by atoms with E-state index in [0.29, 0.717) is 23.0 Å². The number of carbonyl (C=O) groups is 2. The zero-order chi connectivity index (χ0) is 16.8. The van der Waals surface area contributed by atoms with Crippen molar-refractivity contribution in [3.8, 4) is 0 Å². The highest BCUT2D eigenvalue weighted by atomic mass is 79.9. The van der Waals surface area contributed by atoms with Crippen molar-refractivity contribution in [3.05, 3.63) is 50.7 Å². The number of ether oxygens (including phenoxy) is 1. The van der Waals surface area contributed by atoms with Crippen LogP contribution in [0.4, 0.5) is 10.1 Å². The second kappa shape index (κ2) is 7.75. The lowest BCUT2D eigenvalue weighted by Gasteiger charge is -2.07. The van der Waals surface area contributed by atoms with Crippen molar-refractivity contribution < 1.29 is 18.7 Å². The molecule has 0 unspecified atom stereocenters. The molecule has 1 saturated carbocycles. The van der Waals surface area contributed by atoms with E-state index in [1.807, 2.05) is 0 Å². The Morgan fingerprint density at radius 2 is 2.26 bits per heavy atom. The average molecular weight is 383 g/mol. The average Bonchev–Trinajstić information content (AvgIpc) is 3.36. The minimum absolute atomic E-state index is 0.191. The predicted molar refractivity (Wildman–Crippen MR) is 83.6 cm³/mol. The molecule has 1 aromatic rings. The Hall–Kier alpha value is -2.38. The van der Waals surface area contributed by atoms with Crippen LogP contribution in [0.25, 0.3) is 10.4 Å². The van der Waals surface area contributed by atoms with E-state index in [2.05, 4.69) is 31.3 Å². The van der Waals surface area contributed by atoms with Gasteiger partial charge in [-0.05, 0) is 52.5 Å². The van der Waals surface area contributed by atoms with E-state index in [1.54, 1.807) is 6.07 Å². The van der Waals surface area contributed by atoms with Crippen LogP contribution < -0.4 is 5.32 Å². The molecule has 7 nitrogen and oxygen atoms in total. The summed E-state index contributed by atoms with van der Waals surface area (Å²) in [5.41, 5.74) is 8.34. The van der Waals surface area contributed by atoms with Crippen LogP contribution in [0.2, 0.25) is 0 Å². The smallest absolute Gasteiger partial charge is 0.343 e. The molecule has 0 heterocycles. The van der Waals surface area contributed by atoms with Gasteiger partial charge in [0.2, 0.25) is 0 Å². The molecule has 1 aliphatic rings. The lowest BCUT2D eigenvalue weighted by Crippen LogP contribution is -2.18. The summed E-state index contributed by atoms with van der Waals surface area (Å²) in [4.78, 5) is 26.5. The second-order valence-electron chi connectivity index (χ2n) is 4.76. The number of benzene rings is 1. The minimum Gasteiger partial charge on any atom is -0.456 e. The van der Waals surface area contributed by atoms with E-state index >= 15 is 0 Å². The highest BCUT2D eigenvalue weighted by Crippen LogP contribution is 2.32. The monoisotopic (exact) mass is 382 g/mol. The standard InChI is InChI=1S/C14H12BrFN4O3/c15-11-4-3-9(5-12(11)16)18-6-10(13(21)8-1-2-8)14(22)23-7-19-20-17/h3-6,8,18H,1-2,7H2/b10-6-. The fourth-order valence-electron chi connectivity index (χ4n) is 1.73. The zero-order valence-corrected chi connectivity index (χ0v) is 13.4. The van der Waals surface area contributed by atoms with E-state index in [9.17, 15) is 14.0 Å². The molecule has 0 spiro atoms. The molecule has 0 bridgehead atoms. The first-order chi connectivity index (χ1) is 11.0. The Morgan fingerprint density at radius 3 is 2.87 bits per heavy atom. The van der Waals surface area contributed by atoms with Crippen LogP contribution in [0.5, 0.6) is 0 Å². The number of Topliss-reactive ketones (excluding diaryl/α,β-unsaturated/α-hetero) is 1. The lowest BCUT2D eigenvalue weighted by molar-refractivity contribution is -0.140. The molecule has 0 aromatic heterocycles. The van der Waals surface area contributed by atoms with Gasteiger partial charge in [-0.25, -0.2) is 9.18 Å². The number of carbonyl (C=O) groups excluding carboxylic acids is 2. The van der Waals surface area contributed by atoms with Gasteiger partial charge in [0.25, 0.3) is 0 Å². The van der Waals surface area contributed by atoms with Gasteiger partial charge in [-0.3, -0.25) is 4.79 Å². The largest absolute Gasteiger partial charge is 0.456 e. The molecule has 0 saturated heterocycles. The normalized spacial score (nSPS) is 13.9. The van der Waals surface area contributed by atoms with Crippen LogP contribution in [0.3, 0.4) is 0 Å². The van der Waals surface area contributed by atoms with Gasteiger partial charge < -0.3 is 10.1 Å². The van der Waals surface area contributed by atoms with E-state index < -0.39 is 18.5 Å². The highest BCUT2D eigenvalue weighted by molar-refractivity contribution is 9.10. The summed E-state index contributed by atoms with van der Waals surface area (Å²) in [5.74, 6) is -1.92. The van der Waals surface area contributed by atoms with Crippen LogP contribution >= 0.6 is 15.9 Å². The van der Waals surface area contributed by atoms with Gasteiger partial charge in [0.05, 0.1) is 4.47 Å². The third-order valence-electron chi connectivity index (χ3n) is 3.05. The molecule has 120 valence electrons. The number of rotatable bonds is 7. The van der Waals surface area contributed by atoms with Crippen molar-refractivity contribution in [3.63, 3.8) is 0 Å². The van der Waals surface area contributed by atoms with Gasteiger partial charge in [0, 0.05) is 22.7 Å². The van der Waals surface area contributed by atoms with Gasteiger partial charge in [0.1, 0.15) is 11.4 Å². The van der Waals surface area contributed by atoms with Crippen molar-refractivity contribution in [2.75, 3.05) is 12.0 Å². The van der Waals surface area contributed by atoms with Gasteiger partial charge in [-0.1, -0.05) is 5.11 Å². The molecule has 23 heavy (non-hydrogen) atoms. The molecule has 0 atom stereocenters. The van der Waals surface area contributed by atoms with Crippen LogP contribution in [0, 0.1) is 11.7 Å². The lowest BCUT2D eigenvalue weighted by atomic mass is 10.1. The maximum absolute atomic E-state index is 13.5. The molecule has 1 fully saturated rings. The zero-order valence-electron chi connectivity index (χ0n) is 11.8. The molecule has 1 N–H and O–H groups in total. The summed E-state index contributed by atoms with van der Waals surface area (Å²) in [6.45, 7) is -0.502. The summed E-state index contributed by atoms with van der Waals surface area (Å²) >= 11 is 3.03. The number of halogens is 2. The fraction of sp³-hybridized carbons (Fsp3) is 0.286. The van der Waals surface area contributed by atoms with Crippen molar-refractivity contribution in [2.45, 2.75) is 12.8 Å². The van der Waals surface area contributed by atoms with Gasteiger partial charge in [-0.2, -0.15) is 0 Å². The summed E-state index contributed by atoms with van der Waals surface area (Å²) in [6, 6.07) is 4.28. The minimum atomic E-state index is -0.889. The number of nitrogens with one attached hydrogen (secondary N) is 1. The van der Waals surface area contributed by atoms with Gasteiger partial charge in [0.15, 0.2) is 12.5 Å². The Kier molecular flexibility index (Phi) is 5.72. The summed E-state index contributed by atoms with van der Waals surface area (Å²) in [5, 5.41) is 5.78. The SMILES string of the molecule is [N-]=[N+]=NCOC(=O)/C(=C\Nc1ccc(Br)c(F)c1)C(=O)C1CC1. The first-order valence-electron chi connectivity index (χ1n) is 6.67. The third-order valence-corrected chi connectivity index (χ3v) is 3.70. The molecule has 1 aromatic carbocycles. The van der Waals surface area contributed by atoms with Crippen molar-refractivity contribution in [1.82, 2.24) is 0 Å². The highest BCUT2D eigenvalue weighted by Gasteiger charge is 2.35. The number of ketones is 1. The number of azide groups is 1. The van der Waals surface area contributed by atoms with Gasteiger partial charge in [-0.15, -0.1) is 0 Å². The molecule has 0 radical (unpaired) electrons. The molecule has 0 amide bonds. The topological polar surface area (TPSA) is 104 Å². The number of hydrogen-bond donors (Lipinski definition) is 1. The van der Waals surface area contributed by atoms with Crippen LogP contribution in [0.1, 0.15) is 12.8 Å². The van der Waals surface area contributed by atoms with Crippen LogP contribution in [-0.4, -0.2) is 18.5 Å². The summed E-state index contributed by atoms with van der Waals surface area (Å²) in [7, 11) is 0. The maximum atomic E-state index is 13.5.